The van der Waals surface area contributed by atoms with Gasteiger partial charge in [0.1, 0.15) is 5.76 Å². The van der Waals surface area contributed by atoms with E-state index >= 15 is 0 Å². The normalized spacial score (nSPS) is 10.3. The Balaban J connectivity index is 1.92. The summed E-state index contributed by atoms with van der Waals surface area (Å²) in [4.78, 5) is 11.9. The number of hydrazine groups is 1. The molecule has 5 nitrogen and oxygen atoms in total. The van der Waals surface area contributed by atoms with Crippen molar-refractivity contribution in [3.05, 3.63) is 53.4 Å². The van der Waals surface area contributed by atoms with Gasteiger partial charge in [0.15, 0.2) is 5.69 Å². The number of aromatic nitrogens is 1. The van der Waals surface area contributed by atoms with E-state index in [1.807, 2.05) is 30.3 Å². The monoisotopic (exact) mass is 245 g/mol. The highest BCUT2D eigenvalue weighted by Gasteiger charge is 2.15. The molecule has 1 heterocycles. The number of hydrogen-bond acceptors (Lipinski definition) is 4. The smallest absolute Gasteiger partial charge is 0.289 e. The predicted octanol–water partition coefficient (Wildman–Crippen LogP) is 1.76. The van der Waals surface area contributed by atoms with E-state index in [-0.39, 0.29) is 5.91 Å². The van der Waals surface area contributed by atoms with Crippen LogP contribution in [-0.2, 0) is 6.54 Å². The quantitative estimate of drug-likeness (QED) is 0.834. The first-order chi connectivity index (χ1) is 8.66. The van der Waals surface area contributed by atoms with Gasteiger partial charge in [-0.2, -0.15) is 0 Å². The van der Waals surface area contributed by atoms with Gasteiger partial charge in [0.25, 0.3) is 5.91 Å². The first-order valence-corrected chi connectivity index (χ1v) is 5.65. The fraction of sp³-hybridized carbons (Fsp3) is 0.231. The first-order valence-electron chi connectivity index (χ1n) is 5.65. The lowest BCUT2D eigenvalue weighted by atomic mass is 10.2. The van der Waals surface area contributed by atoms with Crippen LogP contribution in [-0.4, -0.2) is 23.1 Å². The maximum Gasteiger partial charge on any atom is 0.289 e. The third-order valence-electron chi connectivity index (χ3n) is 2.51. The third-order valence-corrected chi connectivity index (χ3v) is 2.51. The maximum atomic E-state index is 11.9. The first kappa shape index (κ1) is 12.3. The van der Waals surface area contributed by atoms with E-state index in [4.69, 9.17) is 4.52 Å². The van der Waals surface area contributed by atoms with E-state index in [1.54, 1.807) is 20.0 Å². The molecule has 0 fully saturated rings. The molecule has 1 aromatic carbocycles. The van der Waals surface area contributed by atoms with E-state index in [0.717, 1.165) is 5.56 Å². The highest BCUT2D eigenvalue weighted by molar-refractivity contribution is 5.91. The highest BCUT2D eigenvalue weighted by Crippen LogP contribution is 2.04. The average Bonchev–Trinajstić information content (AvgIpc) is 2.83. The van der Waals surface area contributed by atoms with Crippen molar-refractivity contribution in [2.75, 3.05) is 7.05 Å². The van der Waals surface area contributed by atoms with Gasteiger partial charge < -0.3 is 4.52 Å². The molecule has 1 N–H and O–H groups in total. The zero-order valence-electron chi connectivity index (χ0n) is 10.4. The van der Waals surface area contributed by atoms with Crippen molar-refractivity contribution < 1.29 is 9.32 Å². The summed E-state index contributed by atoms with van der Waals surface area (Å²) in [5, 5.41) is 5.09. The number of hydrogen-bond donors (Lipinski definition) is 1. The Morgan fingerprint density at radius 2 is 2.11 bits per heavy atom. The Morgan fingerprint density at radius 1 is 1.39 bits per heavy atom. The van der Waals surface area contributed by atoms with Crippen LogP contribution in [0, 0.1) is 6.92 Å². The van der Waals surface area contributed by atoms with Gasteiger partial charge in [0, 0.05) is 19.7 Å². The number of carbonyl (C=O) groups is 1. The SMILES string of the molecule is Cc1cc(C(=O)N(C)NCc2ccccc2)no1. The molecule has 0 saturated heterocycles. The van der Waals surface area contributed by atoms with Crippen LogP contribution in [0.5, 0.6) is 0 Å². The highest BCUT2D eigenvalue weighted by atomic mass is 16.5. The number of amides is 1. The topological polar surface area (TPSA) is 58.4 Å². The zero-order valence-corrected chi connectivity index (χ0v) is 10.4. The summed E-state index contributed by atoms with van der Waals surface area (Å²) >= 11 is 0. The minimum Gasteiger partial charge on any atom is -0.361 e. The molecule has 0 bridgehead atoms. The van der Waals surface area contributed by atoms with Gasteiger partial charge in [0.2, 0.25) is 0 Å². The molecule has 0 aliphatic rings. The van der Waals surface area contributed by atoms with E-state index in [9.17, 15) is 4.79 Å². The molecule has 2 aromatic rings. The van der Waals surface area contributed by atoms with Gasteiger partial charge in [0.05, 0.1) is 0 Å². The van der Waals surface area contributed by atoms with Crippen LogP contribution in [0.1, 0.15) is 21.8 Å². The standard InChI is InChI=1S/C13H15N3O2/c1-10-8-12(15-18-10)13(17)16(2)14-9-11-6-4-3-5-7-11/h3-8,14H,9H2,1-2H3. The van der Waals surface area contributed by atoms with Crippen LogP contribution in [0.2, 0.25) is 0 Å². The van der Waals surface area contributed by atoms with Gasteiger partial charge in [-0.15, -0.1) is 0 Å². The molecule has 2 rings (SSSR count). The van der Waals surface area contributed by atoms with Gasteiger partial charge in [-0.25, -0.2) is 5.43 Å². The van der Waals surface area contributed by atoms with Crippen LogP contribution in [0.3, 0.4) is 0 Å². The molecule has 5 heteroatoms. The molecular formula is C13H15N3O2. The van der Waals surface area contributed by atoms with Crippen LogP contribution in [0.4, 0.5) is 0 Å². The Hall–Kier alpha value is -2.14. The second-order valence-corrected chi connectivity index (χ2v) is 4.01. The molecular weight excluding hydrogens is 230 g/mol. The molecule has 0 radical (unpaired) electrons. The molecule has 0 aliphatic carbocycles. The van der Waals surface area contributed by atoms with Crippen LogP contribution < -0.4 is 5.43 Å². The molecule has 1 amide bonds. The van der Waals surface area contributed by atoms with Crippen LogP contribution in [0.15, 0.2) is 40.9 Å². The summed E-state index contributed by atoms with van der Waals surface area (Å²) in [7, 11) is 1.66. The zero-order chi connectivity index (χ0) is 13.0. The number of nitrogens with one attached hydrogen (secondary N) is 1. The van der Waals surface area contributed by atoms with Crippen molar-refractivity contribution >= 4 is 5.91 Å². The molecule has 0 saturated carbocycles. The Kier molecular flexibility index (Phi) is 3.74. The Morgan fingerprint density at radius 3 is 2.72 bits per heavy atom. The van der Waals surface area contributed by atoms with Crippen molar-refractivity contribution in [3.8, 4) is 0 Å². The third kappa shape index (κ3) is 2.95. The van der Waals surface area contributed by atoms with Crippen molar-refractivity contribution in [2.45, 2.75) is 13.5 Å². The molecule has 0 aliphatic heterocycles. The minimum atomic E-state index is -0.220. The maximum absolute atomic E-state index is 11.9. The van der Waals surface area contributed by atoms with Crippen LogP contribution >= 0.6 is 0 Å². The van der Waals surface area contributed by atoms with Crippen molar-refractivity contribution in [3.63, 3.8) is 0 Å². The summed E-state index contributed by atoms with van der Waals surface area (Å²) in [6, 6.07) is 11.5. The summed E-state index contributed by atoms with van der Waals surface area (Å²) in [6.45, 7) is 2.33. The van der Waals surface area contributed by atoms with Gasteiger partial charge in [-0.05, 0) is 12.5 Å². The number of benzene rings is 1. The molecule has 18 heavy (non-hydrogen) atoms. The molecule has 0 spiro atoms. The lowest BCUT2D eigenvalue weighted by Crippen LogP contribution is -2.39. The summed E-state index contributed by atoms with van der Waals surface area (Å²) < 4.78 is 4.87. The van der Waals surface area contributed by atoms with Crippen molar-refractivity contribution in [1.82, 2.24) is 15.6 Å². The average molecular weight is 245 g/mol. The lowest BCUT2D eigenvalue weighted by Gasteiger charge is -2.16. The summed E-state index contributed by atoms with van der Waals surface area (Å²) in [5.41, 5.74) is 4.42. The van der Waals surface area contributed by atoms with Crippen LogP contribution in [0.25, 0.3) is 0 Å². The summed E-state index contributed by atoms with van der Waals surface area (Å²) in [6.07, 6.45) is 0. The Bertz CT molecular complexity index is 522. The molecule has 1 aromatic heterocycles. The largest absolute Gasteiger partial charge is 0.361 e. The van der Waals surface area contributed by atoms with E-state index < -0.39 is 0 Å². The van der Waals surface area contributed by atoms with Gasteiger partial charge in [-0.1, -0.05) is 35.5 Å². The fourth-order valence-corrected chi connectivity index (χ4v) is 1.52. The lowest BCUT2D eigenvalue weighted by molar-refractivity contribution is 0.0701. The second-order valence-electron chi connectivity index (χ2n) is 4.01. The summed E-state index contributed by atoms with van der Waals surface area (Å²) in [5.74, 6) is 0.401. The van der Waals surface area contributed by atoms with Crippen molar-refractivity contribution in [2.24, 2.45) is 0 Å². The van der Waals surface area contributed by atoms with Crippen molar-refractivity contribution in [1.29, 1.82) is 0 Å². The Labute approximate surface area is 105 Å². The molecule has 0 unspecified atom stereocenters. The van der Waals surface area contributed by atoms with E-state index in [1.165, 1.54) is 5.01 Å². The number of nitrogens with zero attached hydrogens (tertiary/aromatic N) is 2. The number of rotatable bonds is 4. The minimum absolute atomic E-state index is 0.220. The van der Waals surface area contributed by atoms with Gasteiger partial charge in [-0.3, -0.25) is 9.80 Å². The van der Waals surface area contributed by atoms with E-state index in [0.29, 0.717) is 18.0 Å². The fourth-order valence-electron chi connectivity index (χ4n) is 1.52. The number of carbonyl (C=O) groups excluding carboxylic acids is 1. The predicted molar refractivity (Wildman–Crippen MR) is 66.6 cm³/mol. The second kappa shape index (κ2) is 5.46. The van der Waals surface area contributed by atoms with E-state index in [2.05, 4.69) is 10.6 Å². The molecule has 94 valence electrons. The molecule has 0 atom stereocenters. The van der Waals surface area contributed by atoms with Gasteiger partial charge >= 0.3 is 0 Å². The number of aryl methyl sites for hydroxylation is 1.